The lowest BCUT2D eigenvalue weighted by atomic mass is 9.83. The van der Waals surface area contributed by atoms with E-state index >= 15 is 0 Å². The standard InChI is InChI=1S/C14H22O/c1-11(2)5-4-6-12(3)13-7-9-14(15)10-8-13/h5,7,9,12-13H,4,6,8,10H2,1-3H3. The maximum absolute atomic E-state index is 11.0. The van der Waals surface area contributed by atoms with Crippen molar-refractivity contribution < 1.29 is 4.79 Å². The third-order valence-electron chi connectivity index (χ3n) is 3.16. The Bertz CT molecular complexity index is 269. The molecule has 0 saturated carbocycles. The Hall–Kier alpha value is -0.850. The van der Waals surface area contributed by atoms with Crippen molar-refractivity contribution in [3.63, 3.8) is 0 Å². The van der Waals surface area contributed by atoms with E-state index in [1.165, 1.54) is 18.4 Å². The predicted molar refractivity (Wildman–Crippen MR) is 64.7 cm³/mol. The molecule has 1 rings (SSSR count). The van der Waals surface area contributed by atoms with Crippen LogP contribution in [0.2, 0.25) is 0 Å². The van der Waals surface area contributed by atoms with Gasteiger partial charge in [0.25, 0.3) is 0 Å². The molecule has 0 saturated heterocycles. The first-order chi connectivity index (χ1) is 7.09. The second-order valence-electron chi connectivity index (χ2n) is 4.86. The maximum atomic E-state index is 11.0. The fourth-order valence-electron chi connectivity index (χ4n) is 2.04. The largest absolute Gasteiger partial charge is 0.295 e. The molecule has 2 unspecified atom stereocenters. The average molecular weight is 206 g/mol. The van der Waals surface area contributed by atoms with Crippen molar-refractivity contribution in [2.24, 2.45) is 11.8 Å². The van der Waals surface area contributed by atoms with Crippen LogP contribution < -0.4 is 0 Å². The molecule has 0 radical (unpaired) electrons. The molecule has 0 amide bonds. The van der Waals surface area contributed by atoms with E-state index in [-0.39, 0.29) is 0 Å². The number of hydrogen-bond donors (Lipinski definition) is 0. The summed E-state index contributed by atoms with van der Waals surface area (Å²) in [6.45, 7) is 6.58. The first-order valence-electron chi connectivity index (χ1n) is 5.94. The second-order valence-corrected chi connectivity index (χ2v) is 4.86. The lowest BCUT2D eigenvalue weighted by Crippen LogP contribution is -2.15. The van der Waals surface area contributed by atoms with Crippen molar-refractivity contribution in [1.29, 1.82) is 0 Å². The molecule has 0 aliphatic heterocycles. The summed E-state index contributed by atoms with van der Waals surface area (Å²) in [6.07, 6.45) is 10.4. The van der Waals surface area contributed by atoms with E-state index in [9.17, 15) is 4.79 Å². The Morgan fingerprint density at radius 1 is 1.60 bits per heavy atom. The van der Waals surface area contributed by atoms with Gasteiger partial charge >= 0.3 is 0 Å². The van der Waals surface area contributed by atoms with E-state index in [1.807, 2.05) is 0 Å². The Morgan fingerprint density at radius 2 is 2.33 bits per heavy atom. The van der Waals surface area contributed by atoms with Crippen LogP contribution in [0.3, 0.4) is 0 Å². The van der Waals surface area contributed by atoms with Gasteiger partial charge in [-0.1, -0.05) is 24.6 Å². The highest BCUT2D eigenvalue weighted by atomic mass is 16.1. The minimum Gasteiger partial charge on any atom is -0.295 e. The van der Waals surface area contributed by atoms with Crippen molar-refractivity contribution in [2.45, 2.75) is 46.5 Å². The lowest BCUT2D eigenvalue weighted by molar-refractivity contribution is -0.115. The number of allylic oxidation sites excluding steroid dienone is 4. The molecule has 84 valence electrons. The van der Waals surface area contributed by atoms with Gasteiger partial charge in [-0.15, -0.1) is 0 Å². The van der Waals surface area contributed by atoms with E-state index in [2.05, 4.69) is 32.9 Å². The Morgan fingerprint density at radius 3 is 2.87 bits per heavy atom. The number of hydrogen-bond acceptors (Lipinski definition) is 1. The summed E-state index contributed by atoms with van der Waals surface area (Å²) >= 11 is 0. The van der Waals surface area contributed by atoms with Gasteiger partial charge in [-0.3, -0.25) is 4.79 Å². The normalized spacial score (nSPS) is 22.6. The SMILES string of the molecule is CC(C)=CCCC(C)C1C=CC(=O)CC1. The zero-order valence-electron chi connectivity index (χ0n) is 10.1. The summed E-state index contributed by atoms with van der Waals surface area (Å²) < 4.78 is 0. The molecule has 1 aliphatic carbocycles. The summed E-state index contributed by atoms with van der Waals surface area (Å²) in [5, 5.41) is 0. The summed E-state index contributed by atoms with van der Waals surface area (Å²) in [5.41, 5.74) is 1.40. The van der Waals surface area contributed by atoms with Gasteiger partial charge < -0.3 is 0 Å². The number of carbonyl (C=O) groups is 1. The maximum Gasteiger partial charge on any atom is 0.155 e. The van der Waals surface area contributed by atoms with Gasteiger partial charge in [0.15, 0.2) is 5.78 Å². The summed E-state index contributed by atoms with van der Waals surface area (Å²) in [6, 6.07) is 0. The fraction of sp³-hybridized carbons (Fsp3) is 0.643. The molecule has 1 aliphatic rings. The Labute approximate surface area is 93.3 Å². The van der Waals surface area contributed by atoms with Gasteiger partial charge in [0.1, 0.15) is 0 Å². The highest BCUT2D eigenvalue weighted by Gasteiger charge is 2.18. The quantitative estimate of drug-likeness (QED) is 0.637. The number of ketones is 1. The smallest absolute Gasteiger partial charge is 0.155 e. The summed E-state index contributed by atoms with van der Waals surface area (Å²) in [7, 11) is 0. The van der Waals surface area contributed by atoms with Crippen LogP contribution in [0.25, 0.3) is 0 Å². The van der Waals surface area contributed by atoms with E-state index < -0.39 is 0 Å². The molecule has 0 N–H and O–H groups in total. The molecule has 0 fully saturated rings. The van der Waals surface area contributed by atoms with Crippen LogP contribution in [0.5, 0.6) is 0 Å². The van der Waals surface area contributed by atoms with Crippen molar-refractivity contribution in [1.82, 2.24) is 0 Å². The Balaban J connectivity index is 2.34. The highest BCUT2D eigenvalue weighted by Crippen LogP contribution is 2.26. The highest BCUT2D eigenvalue weighted by molar-refractivity contribution is 5.90. The molecule has 0 spiro atoms. The topological polar surface area (TPSA) is 17.1 Å². The average Bonchev–Trinajstić information content (AvgIpc) is 2.18. The van der Waals surface area contributed by atoms with Gasteiger partial charge in [0.2, 0.25) is 0 Å². The zero-order valence-corrected chi connectivity index (χ0v) is 10.1. The fourth-order valence-corrected chi connectivity index (χ4v) is 2.04. The molecule has 0 heterocycles. The molecule has 2 atom stereocenters. The molecule has 0 aromatic rings. The predicted octanol–water partition coefficient (Wildman–Crippen LogP) is 3.90. The van der Waals surface area contributed by atoms with E-state index in [4.69, 9.17) is 0 Å². The first kappa shape index (κ1) is 12.2. The minimum atomic E-state index is 0.294. The lowest BCUT2D eigenvalue weighted by Gasteiger charge is -2.22. The van der Waals surface area contributed by atoms with E-state index in [0.29, 0.717) is 17.6 Å². The molecule has 1 nitrogen and oxygen atoms in total. The third-order valence-corrected chi connectivity index (χ3v) is 3.16. The first-order valence-corrected chi connectivity index (χ1v) is 5.94. The summed E-state index contributed by atoms with van der Waals surface area (Å²) in [4.78, 5) is 11.0. The van der Waals surface area contributed by atoms with Crippen LogP contribution >= 0.6 is 0 Å². The number of carbonyl (C=O) groups excluding carboxylic acids is 1. The summed E-state index contributed by atoms with van der Waals surface area (Å²) in [5.74, 6) is 1.61. The molecule has 0 aromatic carbocycles. The number of rotatable bonds is 4. The van der Waals surface area contributed by atoms with Gasteiger partial charge in [-0.25, -0.2) is 0 Å². The van der Waals surface area contributed by atoms with Gasteiger partial charge in [-0.2, -0.15) is 0 Å². The van der Waals surface area contributed by atoms with Crippen molar-refractivity contribution in [3.05, 3.63) is 23.8 Å². The van der Waals surface area contributed by atoms with Crippen LogP contribution in [-0.2, 0) is 4.79 Å². The molecule has 0 bridgehead atoms. The van der Waals surface area contributed by atoms with Crippen LogP contribution in [0, 0.1) is 11.8 Å². The van der Waals surface area contributed by atoms with Crippen molar-refractivity contribution >= 4 is 5.78 Å². The van der Waals surface area contributed by atoms with Crippen molar-refractivity contribution in [3.8, 4) is 0 Å². The van der Waals surface area contributed by atoms with E-state index in [0.717, 1.165) is 12.8 Å². The minimum absolute atomic E-state index is 0.294. The van der Waals surface area contributed by atoms with Gasteiger partial charge in [0, 0.05) is 6.42 Å². The molecule has 15 heavy (non-hydrogen) atoms. The molecular weight excluding hydrogens is 184 g/mol. The zero-order chi connectivity index (χ0) is 11.3. The van der Waals surface area contributed by atoms with Crippen LogP contribution in [0.15, 0.2) is 23.8 Å². The van der Waals surface area contributed by atoms with E-state index in [1.54, 1.807) is 6.08 Å². The molecular formula is C14H22O. The monoisotopic (exact) mass is 206 g/mol. The van der Waals surface area contributed by atoms with Crippen LogP contribution in [0.1, 0.15) is 46.5 Å². The van der Waals surface area contributed by atoms with Gasteiger partial charge in [-0.05, 0) is 51.0 Å². The van der Waals surface area contributed by atoms with Gasteiger partial charge in [0.05, 0.1) is 0 Å². The third kappa shape index (κ3) is 4.46. The van der Waals surface area contributed by atoms with Crippen LogP contribution in [-0.4, -0.2) is 5.78 Å². The second kappa shape index (κ2) is 5.89. The molecule has 0 aromatic heterocycles. The van der Waals surface area contributed by atoms with Crippen molar-refractivity contribution in [2.75, 3.05) is 0 Å². The molecule has 1 heteroatoms. The Kier molecular flexibility index (Phi) is 4.80. The van der Waals surface area contributed by atoms with Crippen LogP contribution in [0.4, 0.5) is 0 Å².